The van der Waals surface area contributed by atoms with Gasteiger partial charge in [0.1, 0.15) is 5.75 Å². The fourth-order valence-corrected chi connectivity index (χ4v) is 2.56. The van der Waals surface area contributed by atoms with Crippen LogP contribution in [0.2, 0.25) is 0 Å². The van der Waals surface area contributed by atoms with E-state index in [-0.39, 0.29) is 12.0 Å². The topological polar surface area (TPSA) is 65.1 Å². The van der Waals surface area contributed by atoms with Gasteiger partial charge in [-0.1, -0.05) is 18.2 Å². The van der Waals surface area contributed by atoms with E-state index in [9.17, 15) is 0 Å². The lowest BCUT2D eigenvalue weighted by atomic mass is 9.91. The van der Waals surface area contributed by atoms with Crippen molar-refractivity contribution in [1.29, 1.82) is 0 Å². The summed E-state index contributed by atoms with van der Waals surface area (Å²) in [6, 6.07) is 10.1. The number of nitrogens with two attached hydrogens (primary N) is 1. The molecule has 2 atom stereocenters. The largest absolute Gasteiger partial charge is 0.493 e. The molecule has 0 amide bonds. The molecule has 0 aliphatic carbocycles. The van der Waals surface area contributed by atoms with Crippen LogP contribution in [-0.4, -0.2) is 16.4 Å². The summed E-state index contributed by atoms with van der Waals surface area (Å²) in [7, 11) is 1.92. The molecule has 94 valence electrons. The number of para-hydroxylation sites is 1. The summed E-state index contributed by atoms with van der Waals surface area (Å²) in [5, 5.41) is 4.19. The van der Waals surface area contributed by atoms with E-state index in [1.54, 1.807) is 6.20 Å². The van der Waals surface area contributed by atoms with Gasteiger partial charge in [-0.25, -0.2) is 0 Å². The first-order valence-electron chi connectivity index (χ1n) is 5.97. The minimum Gasteiger partial charge on any atom is -0.493 e. The molecule has 2 heterocycles. The Bertz CT molecular complexity index is 551. The highest BCUT2D eigenvalue weighted by Crippen LogP contribution is 2.40. The van der Waals surface area contributed by atoms with Gasteiger partial charge in [-0.2, -0.15) is 5.10 Å². The predicted molar refractivity (Wildman–Crippen MR) is 68.0 cm³/mol. The summed E-state index contributed by atoms with van der Waals surface area (Å²) < 4.78 is 7.55. The monoisotopic (exact) mass is 244 g/mol. The van der Waals surface area contributed by atoms with Crippen molar-refractivity contribution in [2.75, 3.05) is 6.61 Å². The zero-order chi connectivity index (χ0) is 12.5. The summed E-state index contributed by atoms with van der Waals surface area (Å²) in [4.78, 5) is 0. The Morgan fingerprint density at radius 3 is 3.00 bits per heavy atom. The number of hydrazine groups is 1. The normalized spacial score (nSPS) is 19.3. The second-order valence-electron chi connectivity index (χ2n) is 4.48. The molecule has 18 heavy (non-hydrogen) atoms. The van der Waals surface area contributed by atoms with E-state index >= 15 is 0 Å². The number of hydrogen-bond acceptors (Lipinski definition) is 4. The van der Waals surface area contributed by atoms with Gasteiger partial charge >= 0.3 is 0 Å². The molecule has 0 spiro atoms. The lowest BCUT2D eigenvalue weighted by Crippen LogP contribution is -2.34. The van der Waals surface area contributed by atoms with Gasteiger partial charge in [0.05, 0.1) is 18.3 Å². The number of nitrogens with zero attached hydrogens (tertiary/aromatic N) is 2. The summed E-state index contributed by atoms with van der Waals surface area (Å²) in [6.07, 6.45) is 1.78. The molecule has 0 saturated heterocycles. The summed E-state index contributed by atoms with van der Waals surface area (Å²) in [6.45, 7) is 0.638. The summed E-state index contributed by atoms with van der Waals surface area (Å²) in [5.41, 5.74) is 5.14. The van der Waals surface area contributed by atoms with Gasteiger partial charge in [-0.15, -0.1) is 0 Å². The molecule has 5 heteroatoms. The molecule has 3 rings (SSSR count). The van der Waals surface area contributed by atoms with Crippen LogP contribution in [0.15, 0.2) is 36.5 Å². The maximum absolute atomic E-state index is 5.72. The highest BCUT2D eigenvalue weighted by Gasteiger charge is 2.32. The van der Waals surface area contributed by atoms with Crippen LogP contribution < -0.4 is 16.0 Å². The van der Waals surface area contributed by atoms with Crippen LogP contribution >= 0.6 is 0 Å². The molecule has 1 aliphatic heterocycles. The number of benzene rings is 1. The molecular weight excluding hydrogens is 228 g/mol. The average molecular weight is 244 g/mol. The van der Waals surface area contributed by atoms with Crippen molar-refractivity contribution in [1.82, 2.24) is 15.2 Å². The number of aromatic nitrogens is 2. The van der Waals surface area contributed by atoms with Gasteiger partial charge in [0.15, 0.2) is 0 Å². The van der Waals surface area contributed by atoms with Crippen LogP contribution in [0, 0.1) is 0 Å². The Kier molecular flexibility index (Phi) is 2.77. The second-order valence-corrected chi connectivity index (χ2v) is 4.48. The van der Waals surface area contributed by atoms with Crippen molar-refractivity contribution in [2.24, 2.45) is 12.9 Å². The first-order chi connectivity index (χ1) is 8.81. The molecule has 0 radical (unpaired) electrons. The first-order valence-corrected chi connectivity index (χ1v) is 5.97. The van der Waals surface area contributed by atoms with Crippen molar-refractivity contribution < 1.29 is 4.74 Å². The Morgan fingerprint density at radius 1 is 1.44 bits per heavy atom. The molecule has 0 fully saturated rings. The van der Waals surface area contributed by atoms with Crippen molar-refractivity contribution in [3.8, 4) is 5.75 Å². The molecular formula is C13H16N4O. The van der Waals surface area contributed by atoms with Gasteiger partial charge < -0.3 is 4.74 Å². The zero-order valence-corrected chi connectivity index (χ0v) is 10.2. The smallest absolute Gasteiger partial charge is 0.122 e. The van der Waals surface area contributed by atoms with Gasteiger partial charge in [0.25, 0.3) is 0 Å². The molecule has 1 aliphatic rings. The zero-order valence-electron chi connectivity index (χ0n) is 10.2. The van der Waals surface area contributed by atoms with E-state index in [1.165, 1.54) is 5.56 Å². The minimum absolute atomic E-state index is 0.00106. The molecule has 3 N–H and O–H groups in total. The summed E-state index contributed by atoms with van der Waals surface area (Å²) in [5.74, 6) is 6.88. The molecule has 0 bridgehead atoms. The maximum atomic E-state index is 5.72. The van der Waals surface area contributed by atoms with Gasteiger partial charge in [0.2, 0.25) is 0 Å². The van der Waals surface area contributed by atoms with Crippen LogP contribution in [0.5, 0.6) is 5.75 Å². The van der Waals surface area contributed by atoms with E-state index in [0.29, 0.717) is 6.61 Å². The van der Waals surface area contributed by atoms with E-state index in [0.717, 1.165) is 11.4 Å². The standard InChI is InChI=1S/C13H16N4O/c1-17-11(6-7-15-17)13(16-14)10-8-18-12-5-3-2-4-9(10)12/h2-7,10,13,16H,8,14H2,1H3. The molecule has 2 aromatic rings. The lowest BCUT2D eigenvalue weighted by molar-refractivity contribution is 0.295. The lowest BCUT2D eigenvalue weighted by Gasteiger charge is -2.22. The number of nitrogens with one attached hydrogen (secondary N) is 1. The van der Waals surface area contributed by atoms with Gasteiger partial charge in [0, 0.05) is 24.7 Å². The van der Waals surface area contributed by atoms with Crippen molar-refractivity contribution in [3.05, 3.63) is 47.8 Å². The van der Waals surface area contributed by atoms with Crippen molar-refractivity contribution in [2.45, 2.75) is 12.0 Å². The number of rotatable bonds is 3. The molecule has 1 aromatic carbocycles. The number of ether oxygens (including phenoxy) is 1. The average Bonchev–Trinajstić information content (AvgIpc) is 2.99. The first kappa shape index (κ1) is 11.3. The van der Waals surface area contributed by atoms with E-state index in [2.05, 4.69) is 16.6 Å². The van der Waals surface area contributed by atoms with Crippen LogP contribution in [0.1, 0.15) is 23.2 Å². The highest BCUT2D eigenvalue weighted by atomic mass is 16.5. The fourth-order valence-electron chi connectivity index (χ4n) is 2.56. The number of aryl methyl sites for hydroxylation is 1. The Hall–Kier alpha value is -1.85. The SMILES string of the molecule is Cn1nccc1C(NN)C1COc2ccccc21. The quantitative estimate of drug-likeness (QED) is 0.627. The highest BCUT2D eigenvalue weighted by molar-refractivity contribution is 5.41. The van der Waals surface area contributed by atoms with Crippen molar-refractivity contribution in [3.63, 3.8) is 0 Å². The van der Waals surface area contributed by atoms with E-state index in [1.807, 2.05) is 36.0 Å². The van der Waals surface area contributed by atoms with Crippen LogP contribution in [0.3, 0.4) is 0 Å². The third-order valence-electron chi connectivity index (χ3n) is 3.50. The third kappa shape index (κ3) is 1.68. The second kappa shape index (κ2) is 4.44. The van der Waals surface area contributed by atoms with Gasteiger partial charge in [-0.3, -0.25) is 16.0 Å². The Morgan fingerprint density at radius 2 is 2.28 bits per heavy atom. The molecule has 0 saturated carbocycles. The van der Waals surface area contributed by atoms with Gasteiger partial charge in [-0.05, 0) is 12.1 Å². The maximum Gasteiger partial charge on any atom is 0.122 e. The third-order valence-corrected chi connectivity index (χ3v) is 3.50. The Balaban J connectivity index is 1.98. The van der Waals surface area contributed by atoms with Crippen LogP contribution in [-0.2, 0) is 7.05 Å². The van der Waals surface area contributed by atoms with Crippen molar-refractivity contribution >= 4 is 0 Å². The summed E-state index contributed by atoms with van der Waals surface area (Å²) >= 11 is 0. The predicted octanol–water partition coefficient (Wildman–Crippen LogP) is 1.10. The molecule has 2 unspecified atom stereocenters. The van der Waals surface area contributed by atoms with Crippen LogP contribution in [0.4, 0.5) is 0 Å². The van der Waals surface area contributed by atoms with E-state index < -0.39 is 0 Å². The number of fused-ring (bicyclic) bond motifs is 1. The Labute approximate surface area is 106 Å². The van der Waals surface area contributed by atoms with Crippen LogP contribution in [0.25, 0.3) is 0 Å². The molecule has 5 nitrogen and oxygen atoms in total. The minimum atomic E-state index is 0.00106. The van der Waals surface area contributed by atoms with E-state index in [4.69, 9.17) is 10.6 Å². The fraction of sp³-hybridized carbons (Fsp3) is 0.308. The molecule has 1 aromatic heterocycles. The number of hydrogen-bond donors (Lipinski definition) is 2.